The zero-order valence-corrected chi connectivity index (χ0v) is 23.9. The van der Waals surface area contributed by atoms with Crippen LogP contribution in [0.2, 0.25) is 0 Å². The molecule has 1 atom stereocenters. The number of piperidine rings is 1. The predicted octanol–water partition coefficient (Wildman–Crippen LogP) is 3.02. The third-order valence-electron chi connectivity index (χ3n) is 7.29. The van der Waals surface area contributed by atoms with Crippen LogP contribution in [0, 0.1) is 6.92 Å². The number of hydrogen-bond acceptors (Lipinski definition) is 10. The number of rotatable bonds is 11. The monoisotopic (exact) mass is 585 g/mol. The molecule has 1 fully saturated rings. The maximum Gasteiger partial charge on any atom is 0.266 e. The van der Waals surface area contributed by atoms with Crippen molar-refractivity contribution in [1.82, 2.24) is 35.9 Å². The molecule has 1 aromatic heterocycles. The molecule has 3 aromatic rings. The van der Waals surface area contributed by atoms with Crippen molar-refractivity contribution in [3.63, 3.8) is 0 Å². The summed E-state index contributed by atoms with van der Waals surface area (Å²) in [5.41, 5.74) is 1.23. The van der Waals surface area contributed by atoms with Crippen LogP contribution in [0.25, 0.3) is 11.4 Å². The first kappa shape index (κ1) is 29.4. The van der Waals surface area contributed by atoms with Crippen molar-refractivity contribution in [2.75, 3.05) is 0 Å². The van der Waals surface area contributed by atoms with E-state index in [-0.39, 0.29) is 48.0 Å². The molecule has 0 aliphatic carbocycles. The average molecular weight is 586 g/mol. The van der Waals surface area contributed by atoms with Crippen molar-refractivity contribution in [3.05, 3.63) is 58.9 Å². The minimum Gasteiger partial charge on any atom is -0.456 e. The first-order valence-electron chi connectivity index (χ1n) is 14.2. The van der Waals surface area contributed by atoms with E-state index in [1.807, 2.05) is 0 Å². The van der Waals surface area contributed by atoms with E-state index in [4.69, 9.17) is 4.74 Å². The highest BCUT2D eigenvalue weighted by atomic mass is 16.5. The topological polar surface area (TPSA) is 173 Å². The highest BCUT2D eigenvalue weighted by molar-refractivity contribution is 6.24. The maximum absolute atomic E-state index is 13.6. The Morgan fingerprint density at radius 1 is 1.00 bits per heavy atom. The molecule has 5 amide bonds. The minimum absolute atomic E-state index is 0.00318. The molecule has 0 bridgehead atoms. The van der Waals surface area contributed by atoms with Crippen molar-refractivity contribution >= 4 is 29.5 Å². The number of carbonyl (C=O) groups is 5. The van der Waals surface area contributed by atoms with Crippen LogP contribution < -0.4 is 15.4 Å². The lowest BCUT2D eigenvalue weighted by Crippen LogP contribution is -2.54. The van der Waals surface area contributed by atoms with Crippen LogP contribution in [-0.4, -0.2) is 60.9 Å². The van der Waals surface area contributed by atoms with Gasteiger partial charge >= 0.3 is 0 Å². The molecule has 1 unspecified atom stereocenters. The zero-order valence-electron chi connectivity index (χ0n) is 23.9. The number of aromatic nitrogens is 4. The van der Waals surface area contributed by atoms with Crippen molar-refractivity contribution in [2.24, 2.45) is 0 Å². The Bertz CT molecular complexity index is 1590. The van der Waals surface area contributed by atoms with Gasteiger partial charge in [0.25, 0.3) is 11.8 Å². The molecule has 0 spiro atoms. The Kier molecular flexibility index (Phi) is 8.79. The van der Waals surface area contributed by atoms with Gasteiger partial charge in [0, 0.05) is 30.5 Å². The van der Waals surface area contributed by atoms with Crippen molar-refractivity contribution in [2.45, 2.75) is 71.4 Å². The van der Waals surface area contributed by atoms with Gasteiger partial charge in [0.2, 0.25) is 23.5 Å². The smallest absolute Gasteiger partial charge is 0.266 e. The summed E-state index contributed by atoms with van der Waals surface area (Å²) >= 11 is 0. The fourth-order valence-electron chi connectivity index (χ4n) is 5.01. The summed E-state index contributed by atoms with van der Waals surface area (Å²) in [7, 11) is 0. The van der Waals surface area contributed by atoms with Gasteiger partial charge in [-0.3, -0.25) is 34.2 Å². The molecule has 43 heavy (non-hydrogen) atoms. The van der Waals surface area contributed by atoms with E-state index >= 15 is 0 Å². The maximum atomic E-state index is 13.6. The van der Waals surface area contributed by atoms with Gasteiger partial charge in [0.05, 0.1) is 11.1 Å². The van der Waals surface area contributed by atoms with Crippen molar-refractivity contribution < 1.29 is 28.7 Å². The van der Waals surface area contributed by atoms with Gasteiger partial charge in [0.15, 0.2) is 5.82 Å². The van der Waals surface area contributed by atoms with E-state index in [1.54, 1.807) is 37.3 Å². The van der Waals surface area contributed by atoms with Crippen molar-refractivity contribution in [1.29, 1.82) is 0 Å². The molecule has 0 radical (unpaired) electrons. The molecule has 2 aliphatic rings. The summed E-state index contributed by atoms with van der Waals surface area (Å²) in [5, 5.41) is 21.2. The average Bonchev–Trinajstić information content (AvgIpc) is 3.25. The number of carbonyl (C=O) groups excluding carboxylic acids is 5. The number of fused-ring (bicyclic) bond motifs is 1. The minimum atomic E-state index is -1.11. The summed E-state index contributed by atoms with van der Waals surface area (Å²) in [5.74, 6) is -1.55. The third-order valence-corrected chi connectivity index (χ3v) is 7.29. The van der Waals surface area contributed by atoms with Crippen LogP contribution in [0.15, 0.2) is 36.4 Å². The van der Waals surface area contributed by atoms with Gasteiger partial charge in [-0.1, -0.05) is 44.4 Å². The number of aryl methyl sites for hydroxylation is 1. The van der Waals surface area contributed by atoms with Crippen LogP contribution >= 0.6 is 0 Å². The highest BCUT2D eigenvalue weighted by Crippen LogP contribution is 2.37. The Hall–Kier alpha value is -5.07. The molecule has 1 saturated heterocycles. The van der Waals surface area contributed by atoms with Crippen LogP contribution in [-0.2, 0) is 20.9 Å². The Labute approximate surface area is 247 Å². The summed E-state index contributed by atoms with van der Waals surface area (Å²) in [6.07, 6.45) is 4.37. The lowest BCUT2D eigenvalue weighted by atomic mass is 10.0. The molecular formula is C30H31N7O6. The van der Waals surface area contributed by atoms with Gasteiger partial charge in [-0.05, 0) is 38.0 Å². The lowest BCUT2D eigenvalue weighted by molar-refractivity contribution is -0.136. The molecule has 2 aliphatic heterocycles. The second kappa shape index (κ2) is 12.8. The second-order valence-electron chi connectivity index (χ2n) is 10.4. The van der Waals surface area contributed by atoms with E-state index in [9.17, 15) is 24.0 Å². The largest absolute Gasteiger partial charge is 0.456 e. The van der Waals surface area contributed by atoms with Crippen LogP contribution in [0.3, 0.4) is 0 Å². The van der Waals surface area contributed by atoms with E-state index in [0.717, 1.165) is 30.6 Å². The molecule has 2 aromatic carbocycles. The van der Waals surface area contributed by atoms with E-state index < -0.39 is 29.7 Å². The predicted molar refractivity (Wildman–Crippen MR) is 152 cm³/mol. The highest BCUT2D eigenvalue weighted by Gasteiger charge is 2.46. The summed E-state index contributed by atoms with van der Waals surface area (Å²) in [6, 6.07) is 8.65. The van der Waals surface area contributed by atoms with Gasteiger partial charge in [-0.15, -0.1) is 20.4 Å². The Morgan fingerprint density at radius 2 is 1.79 bits per heavy atom. The summed E-state index contributed by atoms with van der Waals surface area (Å²) < 4.78 is 6.28. The Morgan fingerprint density at radius 3 is 2.53 bits per heavy atom. The number of nitrogens with one attached hydrogen (secondary N) is 2. The van der Waals surface area contributed by atoms with Crippen molar-refractivity contribution in [3.8, 4) is 22.9 Å². The van der Waals surface area contributed by atoms with E-state index in [2.05, 4.69) is 38.0 Å². The van der Waals surface area contributed by atoms with Gasteiger partial charge in [-0.25, -0.2) is 0 Å². The molecule has 13 nitrogen and oxygen atoms in total. The molecule has 3 heterocycles. The second-order valence-corrected chi connectivity index (χ2v) is 10.4. The number of hydrogen-bond donors (Lipinski definition) is 2. The van der Waals surface area contributed by atoms with Crippen LogP contribution in [0.5, 0.6) is 11.5 Å². The van der Waals surface area contributed by atoms with Crippen LogP contribution in [0.4, 0.5) is 0 Å². The van der Waals surface area contributed by atoms with Gasteiger partial charge in [0.1, 0.15) is 17.5 Å². The number of benzene rings is 2. The molecule has 5 rings (SSSR count). The SMILES string of the molecule is CCCCCCC(=O)NCc1ccc(-c2nnc(C)nn2)cc1Oc1cccc2c1C(=O)N(C1CCC(=O)NC1=O)C2=O. The number of imide groups is 2. The number of nitrogens with zero attached hydrogens (tertiary/aromatic N) is 5. The van der Waals surface area contributed by atoms with Gasteiger partial charge < -0.3 is 10.1 Å². The zero-order chi connectivity index (χ0) is 30.5. The molecule has 0 saturated carbocycles. The van der Waals surface area contributed by atoms with Crippen LogP contribution in [0.1, 0.15) is 84.0 Å². The molecule has 13 heteroatoms. The van der Waals surface area contributed by atoms with Gasteiger partial charge in [-0.2, -0.15) is 0 Å². The molecular weight excluding hydrogens is 554 g/mol. The fraction of sp³-hybridized carbons (Fsp3) is 0.367. The molecule has 2 N–H and O–H groups in total. The summed E-state index contributed by atoms with van der Waals surface area (Å²) in [4.78, 5) is 64.4. The summed E-state index contributed by atoms with van der Waals surface area (Å²) in [6.45, 7) is 3.92. The fourth-order valence-corrected chi connectivity index (χ4v) is 5.01. The van der Waals surface area contributed by atoms with E-state index in [0.29, 0.717) is 29.1 Å². The lowest BCUT2D eigenvalue weighted by Gasteiger charge is -2.27. The first-order valence-corrected chi connectivity index (χ1v) is 14.2. The number of unbranched alkanes of at least 4 members (excludes halogenated alkanes) is 3. The number of amides is 5. The third kappa shape index (κ3) is 6.40. The Balaban J connectivity index is 1.44. The molecule has 222 valence electrons. The number of ether oxygens (including phenoxy) is 1. The first-order chi connectivity index (χ1) is 20.8. The van der Waals surface area contributed by atoms with E-state index in [1.165, 1.54) is 6.07 Å². The standard InChI is InChI=1S/C30H31N7O6/c1-3-4-5-6-10-24(38)31-16-19-12-11-18(27-35-33-17(2)34-36-27)15-23(19)43-22-9-7-8-20-26(22)30(42)37(29(20)41)21-13-14-25(39)32-28(21)40/h7-9,11-12,15,21H,3-6,10,13-14,16H2,1-2H3,(H,31,38)(H,32,39,40). The quantitative estimate of drug-likeness (QED) is 0.251. The normalized spacial score (nSPS) is 16.2.